The molecule has 0 heterocycles. The molecule has 8 heavy (non-hydrogen) atoms. The van der Waals surface area contributed by atoms with E-state index >= 15 is 0 Å². The lowest BCUT2D eigenvalue weighted by Crippen LogP contribution is -1.97. The Labute approximate surface area is 50.3 Å². The van der Waals surface area contributed by atoms with Crippen LogP contribution in [0.4, 0.5) is 0 Å². The molecule has 0 fully saturated rings. The molecule has 0 saturated carbocycles. The minimum atomic E-state index is -3.37. The molecule has 0 aliphatic heterocycles. The molecule has 0 amide bonds. The zero-order valence-electron chi connectivity index (χ0n) is 5.25. The van der Waals surface area contributed by atoms with Crippen molar-refractivity contribution in [3.05, 3.63) is 0 Å². The summed E-state index contributed by atoms with van der Waals surface area (Å²) in [5.74, 6) is 0.833. The van der Waals surface area contributed by atoms with E-state index in [9.17, 15) is 0 Å². The van der Waals surface area contributed by atoms with Crippen molar-refractivity contribution in [2.75, 3.05) is 0 Å². The van der Waals surface area contributed by atoms with Crippen LogP contribution in [0.5, 0.6) is 0 Å². The molecule has 0 aromatic heterocycles. The van der Waals surface area contributed by atoms with E-state index in [1.165, 1.54) is 0 Å². The number of rotatable bonds is 0. The Morgan fingerprint density at radius 3 is 1.25 bits per heavy atom. The Balaban J connectivity index is 0. The van der Waals surface area contributed by atoms with Gasteiger partial charge in [-0.1, -0.05) is 25.3 Å². The average Bonchev–Trinajstić information content (AvgIpc) is 1.25. The van der Waals surface area contributed by atoms with Gasteiger partial charge in [0.25, 0.3) is 8.25 Å². The molecule has 0 saturated heterocycles. The Kier molecular flexibility index (Phi) is 9.57. The van der Waals surface area contributed by atoms with Gasteiger partial charge in [-0.25, -0.2) is 0 Å². The normalized spacial score (nSPS) is 7.75. The standard InChI is InChI=1S/C4H10.HO3P/c2*1-4(2)3/h4H,1-3H3;(H,1,2,3)/p-1. The first-order chi connectivity index (χ1) is 3.46. The van der Waals surface area contributed by atoms with Crippen molar-refractivity contribution in [1.82, 2.24) is 0 Å². The predicted octanol–water partition coefficient (Wildman–Crippen LogP) is 0.0267. The highest BCUT2D eigenvalue weighted by Crippen LogP contribution is 1.81. The molecule has 0 aromatic carbocycles. The Morgan fingerprint density at radius 1 is 1.25 bits per heavy atom. The topological polar surface area (TPSA) is 63.2 Å². The van der Waals surface area contributed by atoms with Gasteiger partial charge in [-0.3, -0.25) is 0 Å². The number of hydrogen-bond donors (Lipinski definition) is 0. The van der Waals surface area contributed by atoms with Gasteiger partial charge in [0.2, 0.25) is 0 Å². The van der Waals surface area contributed by atoms with Crippen LogP contribution in [0.15, 0.2) is 0 Å². The van der Waals surface area contributed by atoms with Gasteiger partial charge in [0.1, 0.15) is 0 Å². The third-order valence-corrected chi connectivity index (χ3v) is 0. The van der Waals surface area contributed by atoms with Gasteiger partial charge < -0.3 is 9.79 Å². The second-order valence-electron chi connectivity index (χ2n) is 1.96. The third-order valence-electron chi connectivity index (χ3n) is 0. The lowest BCUT2D eigenvalue weighted by Gasteiger charge is -1.79. The van der Waals surface area contributed by atoms with Crippen LogP contribution in [-0.4, -0.2) is 0 Å². The van der Waals surface area contributed by atoms with Gasteiger partial charge in [-0.05, 0) is 5.92 Å². The summed E-state index contributed by atoms with van der Waals surface area (Å²) >= 11 is 0. The first-order valence-corrected chi connectivity index (χ1v) is 3.38. The van der Waals surface area contributed by atoms with E-state index in [2.05, 4.69) is 20.8 Å². The van der Waals surface area contributed by atoms with Crippen molar-refractivity contribution in [3.63, 3.8) is 0 Å². The molecular weight excluding hydrogens is 127 g/mol. The van der Waals surface area contributed by atoms with Crippen LogP contribution in [-0.2, 0) is 4.57 Å². The summed E-state index contributed by atoms with van der Waals surface area (Å²) in [6, 6.07) is 0. The van der Waals surface area contributed by atoms with Crippen molar-refractivity contribution >= 4 is 8.25 Å². The van der Waals surface area contributed by atoms with Gasteiger partial charge in [0.15, 0.2) is 0 Å². The van der Waals surface area contributed by atoms with E-state index < -0.39 is 8.25 Å². The fourth-order valence-electron chi connectivity index (χ4n) is 0. The van der Waals surface area contributed by atoms with E-state index in [-0.39, 0.29) is 0 Å². The SMILES string of the molecule is CC(C)C.O=[P+]([O-])[O-]. The van der Waals surface area contributed by atoms with Gasteiger partial charge in [0, 0.05) is 0 Å². The highest BCUT2D eigenvalue weighted by Gasteiger charge is 1.68. The predicted molar refractivity (Wildman–Crippen MR) is 28.1 cm³/mol. The van der Waals surface area contributed by atoms with Crippen molar-refractivity contribution in [1.29, 1.82) is 0 Å². The fourth-order valence-corrected chi connectivity index (χ4v) is 0. The van der Waals surface area contributed by atoms with E-state index in [1.54, 1.807) is 0 Å². The van der Waals surface area contributed by atoms with Gasteiger partial charge in [-0.15, -0.1) is 0 Å². The zero-order valence-corrected chi connectivity index (χ0v) is 6.14. The fraction of sp³-hybridized carbons (Fsp3) is 1.00. The van der Waals surface area contributed by atoms with Gasteiger partial charge >= 0.3 is 0 Å². The molecule has 0 rings (SSSR count). The highest BCUT2D eigenvalue weighted by molar-refractivity contribution is 7.27. The largest absolute Gasteiger partial charge is 0.598 e. The molecule has 0 N–H and O–H groups in total. The molecule has 4 heteroatoms. The monoisotopic (exact) mass is 137 g/mol. The maximum atomic E-state index is 8.48. The summed E-state index contributed by atoms with van der Waals surface area (Å²) in [6.07, 6.45) is 0. The first kappa shape index (κ1) is 10.9. The molecule has 0 aliphatic carbocycles. The van der Waals surface area contributed by atoms with Crippen LogP contribution in [0.25, 0.3) is 0 Å². The lowest BCUT2D eigenvalue weighted by molar-refractivity contribution is -0.297. The second-order valence-corrected chi connectivity index (χ2v) is 2.40. The summed E-state index contributed by atoms with van der Waals surface area (Å²) in [7, 11) is -3.37. The van der Waals surface area contributed by atoms with Crippen LogP contribution in [0.2, 0.25) is 0 Å². The van der Waals surface area contributed by atoms with E-state index in [1.807, 2.05) is 0 Å². The van der Waals surface area contributed by atoms with Crippen LogP contribution < -0.4 is 9.79 Å². The quantitative estimate of drug-likeness (QED) is 0.442. The minimum Gasteiger partial charge on any atom is -0.598 e. The molecule has 50 valence electrons. The minimum absolute atomic E-state index is 0.833. The molecule has 0 unspecified atom stereocenters. The molecule has 0 aliphatic rings. The smallest absolute Gasteiger partial charge is 0.276 e. The van der Waals surface area contributed by atoms with E-state index in [0.29, 0.717) is 0 Å². The summed E-state index contributed by atoms with van der Waals surface area (Å²) in [5.41, 5.74) is 0. The van der Waals surface area contributed by atoms with Crippen molar-refractivity contribution in [2.45, 2.75) is 20.8 Å². The van der Waals surface area contributed by atoms with Crippen LogP contribution in [0.3, 0.4) is 0 Å². The lowest BCUT2D eigenvalue weighted by atomic mass is 10.3. The summed E-state index contributed by atoms with van der Waals surface area (Å²) in [6.45, 7) is 6.50. The molecule has 0 bridgehead atoms. The second kappa shape index (κ2) is 7.02. The van der Waals surface area contributed by atoms with Gasteiger partial charge in [0.05, 0.1) is 0 Å². The Morgan fingerprint density at radius 2 is 1.25 bits per heavy atom. The molecule has 0 radical (unpaired) electrons. The first-order valence-electron chi connectivity index (χ1n) is 2.28. The van der Waals surface area contributed by atoms with E-state index in [0.717, 1.165) is 5.92 Å². The van der Waals surface area contributed by atoms with Crippen LogP contribution >= 0.6 is 8.25 Å². The number of hydrogen-bond acceptors (Lipinski definition) is 3. The van der Waals surface area contributed by atoms with Crippen molar-refractivity contribution in [3.8, 4) is 0 Å². The molecule has 0 spiro atoms. The molecule has 0 aromatic rings. The Hall–Kier alpha value is 0.0200. The van der Waals surface area contributed by atoms with Crippen LogP contribution in [0.1, 0.15) is 20.8 Å². The molecule has 0 atom stereocenters. The highest BCUT2D eigenvalue weighted by atomic mass is 31.1. The van der Waals surface area contributed by atoms with E-state index in [4.69, 9.17) is 14.4 Å². The zero-order chi connectivity index (χ0) is 7.15. The summed E-state index contributed by atoms with van der Waals surface area (Å²) in [5, 5.41) is 0. The third kappa shape index (κ3) is 379000. The van der Waals surface area contributed by atoms with Crippen LogP contribution in [0, 0.1) is 5.92 Å². The maximum Gasteiger partial charge on any atom is 0.276 e. The Bertz CT molecular complexity index is 55.5. The summed E-state index contributed by atoms with van der Waals surface area (Å²) < 4.78 is 8.48. The van der Waals surface area contributed by atoms with Crippen molar-refractivity contribution < 1.29 is 14.4 Å². The molecular formula is C4H10O3P-. The summed E-state index contributed by atoms with van der Waals surface area (Å²) in [4.78, 5) is 17.0. The maximum absolute atomic E-state index is 8.48. The van der Waals surface area contributed by atoms with Gasteiger partial charge in [-0.2, -0.15) is 0 Å². The van der Waals surface area contributed by atoms with Crippen molar-refractivity contribution in [2.24, 2.45) is 5.92 Å². The molecule has 3 nitrogen and oxygen atoms in total. The average molecular weight is 137 g/mol.